The van der Waals surface area contributed by atoms with Gasteiger partial charge < -0.3 is 10.5 Å². The lowest BCUT2D eigenvalue weighted by molar-refractivity contribution is 0.187. The van der Waals surface area contributed by atoms with Crippen LogP contribution in [0.2, 0.25) is 0 Å². The van der Waals surface area contributed by atoms with Crippen LogP contribution in [0.25, 0.3) is 21.9 Å². The second-order valence-electron chi connectivity index (χ2n) is 4.32. The van der Waals surface area contributed by atoms with Crippen molar-refractivity contribution in [1.29, 1.82) is 0 Å². The van der Waals surface area contributed by atoms with Gasteiger partial charge in [0, 0.05) is 24.9 Å². The first-order valence-corrected chi connectivity index (χ1v) is 7.14. The predicted molar refractivity (Wildman–Crippen MR) is 81.2 cm³/mol. The molecule has 0 unspecified atom stereocenters. The molecule has 2 N–H and O–H groups in total. The van der Waals surface area contributed by atoms with Gasteiger partial charge in [-0.05, 0) is 6.07 Å². The molecule has 0 radical (unpaired) electrons. The fourth-order valence-electron chi connectivity index (χ4n) is 2.02. The molecule has 0 aliphatic heterocycles. The largest absolute Gasteiger partial charge is 0.397 e. The monoisotopic (exact) mass is 303 g/mol. The van der Waals surface area contributed by atoms with Crippen molar-refractivity contribution in [2.24, 2.45) is 0 Å². The Morgan fingerprint density at radius 3 is 2.95 bits per heavy atom. The maximum Gasteiger partial charge on any atom is 0.281 e. The highest BCUT2D eigenvalue weighted by molar-refractivity contribution is 7.13. The first kappa shape index (κ1) is 13.7. The Labute approximate surface area is 124 Å². The number of hydrogen-bond donors (Lipinski definition) is 1. The molecular weight excluding hydrogens is 290 g/mol. The Hall–Kier alpha value is -2.32. The van der Waals surface area contributed by atoms with Crippen LogP contribution in [-0.2, 0) is 11.3 Å². The van der Waals surface area contributed by atoms with E-state index in [1.807, 2.05) is 0 Å². The highest BCUT2D eigenvalue weighted by Gasteiger charge is 2.16. The van der Waals surface area contributed by atoms with E-state index in [9.17, 15) is 4.79 Å². The number of aromatic nitrogens is 4. The average Bonchev–Trinajstić information content (AvgIpc) is 3.00. The van der Waals surface area contributed by atoms with Crippen LogP contribution in [0.4, 0.5) is 5.69 Å². The summed E-state index contributed by atoms with van der Waals surface area (Å²) in [7, 11) is 1.58. The lowest BCUT2D eigenvalue weighted by Gasteiger charge is -2.11. The first-order valence-electron chi connectivity index (χ1n) is 6.26. The Morgan fingerprint density at radius 1 is 1.38 bits per heavy atom. The molecule has 0 saturated carbocycles. The maximum absolute atomic E-state index is 12.6. The molecule has 0 saturated heterocycles. The standard InChI is InChI=1S/C13H13N5O2S/c1-20-6-5-18-11-9(8(14)2-3-15-11)17-10(13(18)19)12-16-4-7-21-12/h2-4,7H,5-6H2,1H3,(H2,14,15). The highest BCUT2D eigenvalue weighted by Crippen LogP contribution is 2.21. The number of fused-ring (bicyclic) bond motifs is 1. The van der Waals surface area contributed by atoms with Gasteiger partial charge >= 0.3 is 0 Å². The third-order valence-electron chi connectivity index (χ3n) is 3.02. The topological polar surface area (TPSA) is 95.9 Å². The predicted octanol–water partition coefficient (Wildman–Crippen LogP) is 1.14. The number of anilines is 1. The summed E-state index contributed by atoms with van der Waals surface area (Å²) in [5.74, 6) is 0. The zero-order chi connectivity index (χ0) is 14.8. The number of rotatable bonds is 4. The van der Waals surface area contributed by atoms with Crippen LogP contribution in [-0.4, -0.2) is 33.2 Å². The summed E-state index contributed by atoms with van der Waals surface area (Å²) in [6, 6.07) is 1.66. The van der Waals surface area contributed by atoms with Crippen LogP contribution in [0, 0.1) is 0 Å². The summed E-state index contributed by atoms with van der Waals surface area (Å²) in [6.07, 6.45) is 3.20. The maximum atomic E-state index is 12.6. The molecule has 0 aliphatic carbocycles. The highest BCUT2D eigenvalue weighted by atomic mass is 32.1. The normalized spacial score (nSPS) is 11.1. The number of thiazole rings is 1. The molecule has 3 rings (SSSR count). The minimum Gasteiger partial charge on any atom is -0.397 e. The zero-order valence-electron chi connectivity index (χ0n) is 11.3. The van der Waals surface area contributed by atoms with E-state index in [1.54, 1.807) is 30.9 Å². The Kier molecular flexibility index (Phi) is 3.63. The molecule has 0 fully saturated rings. The van der Waals surface area contributed by atoms with Crippen LogP contribution < -0.4 is 11.3 Å². The quantitative estimate of drug-likeness (QED) is 0.776. The lowest BCUT2D eigenvalue weighted by atomic mass is 10.3. The van der Waals surface area contributed by atoms with Crippen LogP contribution in [0.15, 0.2) is 28.6 Å². The molecule has 7 nitrogen and oxygen atoms in total. The number of hydrogen-bond acceptors (Lipinski definition) is 7. The van der Waals surface area contributed by atoms with E-state index in [4.69, 9.17) is 10.5 Å². The van der Waals surface area contributed by atoms with Gasteiger partial charge in [-0.15, -0.1) is 11.3 Å². The molecule has 0 spiro atoms. The summed E-state index contributed by atoms with van der Waals surface area (Å²) in [5.41, 5.74) is 7.43. The molecule has 0 aliphatic rings. The van der Waals surface area contributed by atoms with Crippen molar-refractivity contribution >= 4 is 28.2 Å². The number of nitrogens with zero attached hydrogens (tertiary/aromatic N) is 4. The molecule has 8 heteroatoms. The van der Waals surface area contributed by atoms with Crippen molar-refractivity contribution in [3.8, 4) is 10.7 Å². The van der Waals surface area contributed by atoms with Gasteiger partial charge in [-0.2, -0.15) is 0 Å². The fraction of sp³-hybridized carbons (Fsp3) is 0.231. The van der Waals surface area contributed by atoms with Gasteiger partial charge in [0.2, 0.25) is 0 Å². The van der Waals surface area contributed by atoms with Crippen molar-refractivity contribution in [3.63, 3.8) is 0 Å². The zero-order valence-corrected chi connectivity index (χ0v) is 12.1. The number of nitrogen functional groups attached to an aromatic ring is 1. The van der Waals surface area contributed by atoms with Crippen LogP contribution in [0.3, 0.4) is 0 Å². The molecule has 0 aromatic carbocycles. The van der Waals surface area contributed by atoms with E-state index in [-0.39, 0.29) is 11.3 Å². The van der Waals surface area contributed by atoms with Crippen molar-refractivity contribution in [2.75, 3.05) is 19.5 Å². The lowest BCUT2D eigenvalue weighted by Crippen LogP contribution is -2.26. The van der Waals surface area contributed by atoms with E-state index in [2.05, 4.69) is 15.0 Å². The van der Waals surface area contributed by atoms with E-state index < -0.39 is 0 Å². The summed E-state index contributed by atoms with van der Waals surface area (Å²) in [6.45, 7) is 0.774. The van der Waals surface area contributed by atoms with Crippen LogP contribution in [0.1, 0.15) is 0 Å². The van der Waals surface area contributed by atoms with E-state index >= 15 is 0 Å². The van der Waals surface area contributed by atoms with Crippen molar-refractivity contribution < 1.29 is 4.74 Å². The van der Waals surface area contributed by atoms with Gasteiger partial charge in [-0.25, -0.2) is 15.0 Å². The van der Waals surface area contributed by atoms with Crippen LogP contribution in [0.5, 0.6) is 0 Å². The summed E-state index contributed by atoms with van der Waals surface area (Å²) < 4.78 is 6.59. The minimum absolute atomic E-state index is 0.243. The third kappa shape index (κ3) is 2.39. The van der Waals surface area contributed by atoms with Gasteiger partial charge in [-0.1, -0.05) is 0 Å². The number of ether oxygens (including phenoxy) is 1. The molecular formula is C13H13N5O2S. The second-order valence-corrected chi connectivity index (χ2v) is 5.21. The molecule has 3 heterocycles. The summed E-state index contributed by atoms with van der Waals surface area (Å²) in [4.78, 5) is 25.4. The fourth-order valence-corrected chi connectivity index (χ4v) is 2.64. The second kappa shape index (κ2) is 5.58. The van der Waals surface area contributed by atoms with Gasteiger partial charge in [0.05, 0.1) is 18.8 Å². The molecule has 0 amide bonds. The van der Waals surface area contributed by atoms with E-state index in [0.29, 0.717) is 35.0 Å². The Morgan fingerprint density at radius 2 is 2.24 bits per heavy atom. The molecule has 3 aromatic heterocycles. The number of nitrogens with two attached hydrogens (primary N) is 1. The first-order chi connectivity index (χ1) is 10.2. The summed E-state index contributed by atoms with van der Waals surface area (Å²) >= 11 is 1.36. The smallest absolute Gasteiger partial charge is 0.281 e. The SMILES string of the molecule is COCCn1c(=O)c(-c2nccs2)nc2c(N)ccnc21. The summed E-state index contributed by atoms with van der Waals surface area (Å²) in [5, 5.41) is 2.36. The number of methoxy groups -OCH3 is 1. The molecule has 3 aromatic rings. The van der Waals surface area contributed by atoms with Crippen molar-refractivity contribution in [3.05, 3.63) is 34.2 Å². The Balaban J connectivity index is 2.33. The molecule has 0 bridgehead atoms. The molecule has 0 atom stereocenters. The minimum atomic E-state index is -0.243. The van der Waals surface area contributed by atoms with E-state index in [1.165, 1.54) is 15.9 Å². The Bertz CT molecular complexity index is 828. The van der Waals surface area contributed by atoms with Gasteiger partial charge in [0.1, 0.15) is 10.5 Å². The van der Waals surface area contributed by atoms with Gasteiger partial charge in [0.25, 0.3) is 5.56 Å². The van der Waals surface area contributed by atoms with Crippen molar-refractivity contribution in [2.45, 2.75) is 6.54 Å². The molecule has 21 heavy (non-hydrogen) atoms. The molecule has 108 valence electrons. The number of pyridine rings is 1. The van der Waals surface area contributed by atoms with Gasteiger partial charge in [-0.3, -0.25) is 9.36 Å². The third-order valence-corrected chi connectivity index (χ3v) is 3.80. The van der Waals surface area contributed by atoms with Crippen molar-refractivity contribution in [1.82, 2.24) is 19.5 Å². The van der Waals surface area contributed by atoms with Crippen LogP contribution >= 0.6 is 11.3 Å². The average molecular weight is 303 g/mol. The van der Waals surface area contributed by atoms with E-state index in [0.717, 1.165) is 0 Å². The van der Waals surface area contributed by atoms with Gasteiger partial charge in [0.15, 0.2) is 11.3 Å².